The summed E-state index contributed by atoms with van der Waals surface area (Å²) in [5.41, 5.74) is 3.56. The summed E-state index contributed by atoms with van der Waals surface area (Å²) in [6.45, 7) is 1.98. The lowest BCUT2D eigenvalue weighted by Gasteiger charge is -2.23. The van der Waals surface area contributed by atoms with Crippen LogP contribution >= 0.6 is 15.9 Å². The molecule has 3 rings (SSSR count). The number of nitrogens with zero attached hydrogens (tertiary/aromatic N) is 2. The molecule has 0 aliphatic heterocycles. The Hall–Kier alpha value is -1.95. The van der Waals surface area contributed by atoms with Gasteiger partial charge in [-0.2, -0.15) is 5.10 Å². The Morgan fingerprint density at radius 1 is 1.39 bits per heavy atom. The van der Waals surface area contributed by atoms with Gasteiger partial charge < -0.3 is 5.32 Å². The Bertz CT molecular complexity index is 829. The summed E-state index contributed by atoms with van der Waals surface area (Å²) in [6.07, 6.45) is 2.04. The molecular formula is C17H18BrN3O2. The van der Waals surface area contributed by atoms with Gasteiger partial charge in [-0.1, -0.05) is 15.9 Å². The molecule has 0 radical (unpaired) electrons. The Morgan fingerprint density at radius 3 is 2.91 bits per heavy atom. The number of carbonyl (C=O) groups is 1. The van der Waals surface area contributed by atoms with E-state index in [1.54, 1.807) is 13.1 Å². The van der Waals surface area contributed by atoms with Crippen molar-refractivity contribution in [1.29, 1.82) is 0 Å². The number of rotatable bonds is 2. The molecule has 1 aromatic heterocycles. The molecule has 23 heavy (non-hydrogen) atoms. The summed E-state index contributed by atoms with van der Waals surface area (Å²) in [6, 6.07) is 7.35. The van der Waals surface area contributed by atoms with Gasteiger partial charge in [-0.25, -0.2) is 4.68 Å². The lowest BCUT2D eigenvalue weighted by molar-refractivity contribution is -0.120. The zero-order valence-corrected chi connectivity index (χ0v) is 14.7. The fraction of sp³-hybridized carbons (Fsp3) is 0.353. The summed E-state index contributed by atoms with van der Waals surface area (Å²) in [4.78, 5) is 24.2. The molecule has 120 valence electrons. The third kappa shape index (κ3) is 3.37. The van der Waals surface area contributed by atoms with Gasteiger partial charge in [0.2, 0.25) is 5.91 Å². The van der Waals surface area contributed by atoms with Crippen molar-refractivity contribution < 1.29 is 4.79 Å². The number of fused-ring (bicyclic) bond motifs is 1. The van der Waals surface area contributed by atoms with E-state index in [-0.39, 0.29) is 17.4 Å². The molecule has 1 N–H and O–H groups in total. The molecule has 0 unspecified atom stereocenters. The summed E-state index contributed by atoms with van der Waals surface area (Å²) < 4.78 is 2.37. The monoisotopic (exact) mass is 375 g/mol. The van der Waals surface area contributed by atoms with Crippen LogP contribution in [0, 0.1) is 12.8 Å². The zero-order valence-electron chi connectivity index (χ0n) is 13.1. The highest BCUT2D eigenvalue weighted by molar-refractivity contribution is 9.10. The minimum absolute atomic E-state index is 0.00181. The van der Waals surface area contributed by atoms with Gasteiger partial charge >= 0.3 is 0 Å². The largest absolute Gasteiger partial charge is 0.326 e. The number of anilines is 1. The Balaban J connectivity index is 1.75. The molecule has 1 atom stereocenters. The smallest absolute Gasteiger partial charge is 0.266 e. The molecule has 0 spiro atoms. The SMILES string of the molecule is Cc1cc(NC(=O)[C@H]2CCc3nn(C)c(=O)cc3C2)ccc1Br. The molecule has 0 saturated carbocycles. The van der Waals surface area contributed by atoms with E-state index in [9.17, 15) is 9.59 Å². The van der Waals surface area contributed by atoms with E-state index in [2.05, 4.69) is 26.3 Å². The third-order valence-electron chi connectivity index (χ3n) is 4.25. The summed E-state index contributed by atoms with van der Waals surface area (Å²) in [7, 11) is 1.65. The van der Waals surface area contributed by atoms with Gasteiger partial charge in [-0.15, -0.1) is 0 Å². The number of aryl methyl sites for hydroxylation is 3. The van der Waals surface area contributed by atoms with E-state index in [0.29, 0.717) is 6.42 Å². The molecule has 5 nitrogen and oxygen atoms in total. The lowest BCUT2D eigenvalue weighted by Crippen LogP contribution is -2.31. The highest BCUT2D eigenvalue weighted by atomic mass is 79.9. The zero-order chi connectivity index (χ0) is 16.6. The van der Waals surface area contributed by atoms with Gasteiger partial charge in [0.25, 0.3) is 5.56 Å². The number of aromatic nitrogens is 2. The summed E-state index contributed by atoms with van der Waals surface area (Å²) in [5, 5.41) is 7.25. The summed E-state index contributed by atoms with van der Waals surface area (Å²) in [5.74, 6) is -0.126. The van der Waals surface area contributed by atoms with Crippen LogP contribution in [0.3, 0.4) is 0 Å². The standard InChI is InChI=1S/C17H18BrN3O2/c1-10-7-13(4-5-14(10)18)19-17(23)11-3-6-15-12(8-11)9-16(22)21(2)20-15/h4-5,7,9,11H,3,6,8H2,1-2H3,(H,19,23)/t11-/m0/s1. The van der Waals surface area contributed by atoms with E-state index in [1.165, 1.54) is 4.68 Å². The number of halogens is 1. The third-order valence-corrected chi connectivity index (χ3v) is 5.14. The van der Waals surface area contributed by atoms with E-state index < -0.39 is 0 Å². The minimum Gasteiger partial charge on any atom is -0.326 e. The first-order valence-electron chi connectivity index (χ1n) is 7.57. The van der Waals surface area contributed by atoms with Crippen LogP contribution in [-0.4, -0.2) is 15.7 Å². The molecule has 1 aromatic carbocycles. The molecule has 2 aromatic rings. The molecule has 6 heteroatoms. The summed E-state index contributed by atoms with van der Waals surface area (Å²) >= 11 is 3.45. The second kappa shape index (κ2) is 6.28. The van der Waals surface area contributed by atoms with Crippen molar-refractivity contribution in [3.05, 3.63) is 55.9 Å². The highest BCUT2D eigenvalue weighted by Gasteiger charge is 2.26. The van der Waals surface area contributed by atoms with Crippen molar-refractivity contribution in [3.8, 4) is 0 Å². The molecule has 0 bridgehead atoms. The maximum atomic E-state index is 12.5. The van der Waals surface area contributed by atoms with Crippen LogP contribution in [0.2, 0.25) is 0 Å². The number of hydrogen-bond acceptors (Lipinski definition) is 3. The second-order valence-corrected chi connectivity index (χ2v) is 6.83. The van der Waals surface area contributed by atoms with E-state index in [0.717, 1.165) is 39.8 Å². The molecule has 1 amide bonds. The first-order valence-corrected chi connectivity index (χ1v) is 8.36. The molecule has 1 aliphatic carbocycles. The molecule has 1 heterocycles. The van der Waals surface area contributed by atoms with Gasteiger partial charge in [0.15, 0.2) is 0 Å². The topological polar surface area (TPSA) is 64.0 Å². The van der Waals surface area contributed by atoms with Crippen LogP contribution in [0.15, 0.2) is 33.5 Å². The van der Waals surface area contributed by atoms with Crippen LogP contribution in [0.5, 0.6) is 0 Å². The molecule has 0 saturated heterocycles. The first kappa shape index (κ1) is 15.9. The van der Waals surface area contributed by atoms with Crippen molar-refractivity contribution in [3.63, 3.8) is 0 Å². The van der Waals surface area contributed by atoms with Crippen molar-refractivity contribution in [1.82, 2.24) is 9.78 Å². The van der Waals surface area contributed by atoms with Crippen molar-refractivity contribution in [2.75, 3.05) is 5.32 Å². The van der Waals surface area contributed by atoms with Gasteiger partial charge in [0, 0.05) is 29.2 Å². The molecule has 1 aliphatic rings. The average Bonchev–Trinajstić information content (AvgIpc) is 2.51. The van der Waals surface area contributed by atoms with Crippen LogP contribution in [0.25, 0.3) is 0 Å². The van der Waals surface area contributed by atoms with Crippen LogP contribution in [0.4, 0.5) is 5.69 Å². The average molecular weight is 376 g/mol. The maximum Gasteiger partial charge on any atom is 0.266 e. The van der Waals surface area contributed by atoms with E-state index >= 15 is 0 Å². The van der Waals surface area contributed by atoms with Crippen LogP contribution in [-0.2, 0) is 24.7 Å². The molecule has 0 fully saturated rings. The fourth-order valence-corrected chi connectivity index (χ4v) is 3.12. The van der Waals surface area contributed by atoms with Gasteiger partial charge in [-0.3, -0.25) is 9.59 Å². The van der Waals surface area contributed by atoms with Crippen LogP contribution in [0.1, 0.15) is 23.2 Å². The van der Waals surface area contributed by atoms with Crippen molar-refractivity contribution >= 4 is 27.5 Å². The number of hydrogen-bond donors (Lipinski definition) is 1. The number of carbonyl (C=O) groups excluding carboxylic acids is 1. The van der Waals surface area contributed by atoms with Gasteiger partial charge in [0.1, 0.15) is 0 Å². The minimum atomic E-state index is -0.131. The predicted octanol–water partition coefficient (Wildman–Crippen LogP) is 2.59. The van der Waals surface area contributed by atoms with Crippen molar-refractivity contribution in [2.24, 2.45) is 13.0 Å². The number of nitrogens with one attached hydrogen (secondary N) is 1. The quantitative estimate of drug-likeness (QED) is 0.877. The van der Waals surface area contributed by atoms with Crippen LogP contribution < -0.4 is 10.9 Å². The maximum absolute atomic E-state index is 12.5. The number of amides is 1. The van der Waals surface area contributed by atoms with Gasteiger partial charge in [-0.05, 0) is 55.5 Å². The normalized spacial score (nSPS) is 16.7. The van der Waals surface area contributed by atoms with Gasteiger partial charge in [0.05, 0.1) is 5.69 Å². The number of benzene rings is 1. The van der Waals surface area contributed by atoms with Crippen molar-refractivity contribution in [2.45, 2.75) is 26.2 Å². The van der Waals surface area contributed by atoms with E-state index in [4.69, 9.17) is 0 Å². The Labute approximate surface area is 142 Å². The molecular weight excluding hydrogens is 358 g/mol. The fourth-order valence-electron chi connectivity index (χ4n) is 2.88. The Kier molecular flexibility index (Phi) is 4.35. The lowest BCUT2D eigenvalue weighted by atomic mass is 9.86. The Morgan fingerprint density at radius 2 is 2.17 bits per heavy atom. The highest BCUT2D eigenvalue weighted by Crippen LogP contribution is 2.25. The first-order chi connectivity index (χ1) is 10.9. The predicted molar refractivity (Wildman–Crippen MR) is 92.5 cm³/mol. The van der Waals surface area contributed by atoms with E-state index in [1.807, 2.05) is 25.1 Å². The second-order valence-electron chi connectivity index (χ2n) is 5.97.